The number of nitrogen functional groups attached to an aromatic ring is 1. The Morgan fingerprint density at radius 1 is 0.947 bits per heavy atom. The van der Waals surface area contributed by atoms with E-state index in [1.54, 1.807) is 42.5 Å². The van der Waals surface area contributed by atoms with Crippen molar-refractivity contribution in [2.75, 3.05) is 12.3 Å². The van der Waals surface area contributed by atoms with Gasteiger partial charge in [-0.1, -0.05) is 30.3 Å². The van der Waals surface area contributed by atoms with Gasteiger partial charge in [0.1, 0.15) is 0 Å². The minimum absolute atomic E-state index is 0.285. The minimum Gasteiger partial charge on any atom is -0.399 e. The molecule has 2 aromatic carbocycles. The molecule has 2 rings (SSSR count). The van der Waals surface area contributed by atoms with Crippen LogP contribution >= 0.6 is 0 Å². The molecule has 0 spiro atoms. The van der Waals surface area contributed by atoms with E-state index in [2.05, 4.69) is 4.72 Å². The summed E-state index contributed by atoms with van der Waals surface area (Å²) in [5, 5.41) is 0. The SMILES string of the molecule is Nc1ccc(CCNS(=O)(=O)c2ccccc2)cc1. The van der Waals surface area contributed by atoms with Crippen LogP contribution in [0.15, 0.2) is 59.5 Å². The standard InChI is InChI=1S/C14H16N2O2S/c15-13-8-6-12(7-9-13)10-11-16-19(17,18)14-4-2-1-3-5-14/h1-9,16H,10-11,15H2. The van der Waals surface area contributed by atoms with Gasteiger partial charge in [-0.05, 0) is 36.2 Å². The normalized spacial score (nSPS) is 11.4. The van der Waals surface area contributed by atoms with Gasteiger partial charge in [-0.25, -0.2) is 13.1 Å². The summed E-state index contributed by atoms with van der Waals surface area (Å²) in [6.07, 6.45) is 0.631. The smallest absolute Gasteiger partial charge is 0.240 e. The van der Waals surface area contributed by atoms with Gasteiger partial charge in [0.25, 0.3) is 0 Å². The number of sulfonamides is 1. The Bertz CT molecular complexity index is 622. The van der Waals surface area contributed by atoms with E-state index in [4.69, 9.17) is 5.73 Å². The monoisotopic (exact) mass is 276 g/mol. The van der Waals surface area contributed by atoms with Crippen LogP contribution in [0, 0.1) is 0 Å². The van der Waals surface area contributed by atoms with Crippen LogP contribution < -0.4 is 10.5 Å². The van der Waals surface area contributed by atoms with Gasteiger partial charge in [-0.3, -0.25) is 0 Å². The summed E-state index contributed by atoms with van der Waals surface area (Å²) in [6.45, 7) is 0.362. The third-order valence-electron chi connectivity index (χ3n) is 2.74. The molecule has 2 aromatic rings. The van der Waals surface area contributed by atoms with Crippen LogP contribution in [-0.2, 0) is 16.4 Å². The van der Waals surface area contributed by atoms with Gasteiger partial charge >= 0.3 is 0 Å². The number of hydrogen-bond donors (Lipinski definition) is 2. The van der Waals surface area contributed by atoms with Gasteiger partial charge in [0.15, 0.2) is 0 Å². The molecule has 3 N–H and O–H groups in total. The zero-order valence-corrected chi connectivity index (χ0v) is 11.2. The van der Waals surface area contributed by atoms with Crippen LogP contribution in [-0.4, -0.2) is 15.0 Å². The van der Waals surface area contributed by atoms with Crippen LogP contribution in [0.1, 0.15) is 5.56 Å². The van der Waals surface area contributed by atoms with Crippen LogP contribution in [0.2, 0.25) is 0 Å². The second-order valence-corrected chi connectivity index (χ2v) is 5.97. The van der Waals surface area contributed by atoms with Crippen LogP contribution in [0.3, 0.4) is 0 Å². The molecule has 5 heteroatoms. The minimum atomic E-state index is -3.41. The summed E-state index contributed by atoms with van der Waals surface area (Å²) >= 11 is 0. The van der Waals surface area contributed by atoms with Crippen LogP contribution in [0.4, 0.5) is 5.69 Å². The van der Waals surface area contributed by atoms with E-state index < -0.39 is 10.0 Å². The Morgan fingerprint density at radius 3 is 2.21 bits per heavy atom. The third kappa shape index (κ3) is 3.81. The molecule has 19 heavy (non-hydrogen) atoms. The maximum atomic E-state index is 11.9. The molecule has 0 aromatic heterocycles. The number of benzene rings is 2. The molecular formula is C14H16N2O2S. The Hall–Kier alpha value is -1.85. The predicted molar refractivity (Wildman–Crippen MR) is 76.2 cm³/mol. The van der Waals surface area contributed by atoms with E-state index in [-0.39, 0.29) is 4.90 Å². The average molecular weight is 276 g/mol. The summed E-state index contributed by atoms with van der Waals surface area (Å²) in [5.74, 6) is 0. The molecule has 100 valence electrons. The quantitative estimate of drug-likeness (QED) is 0.818. The molecule has 0 heterocycles. The summed E-state index contributed by atoms with van der Waals surface area (Å²) in [6, 6.07) is 15.7. The second kappa shape index (κ2) is 5.86. The molecule has 0 atom stereocenters. The van der Waals surface area contributed by atoms with Crippen LogP contribution in [0.5, 0.6) is 0 Å². The first-order valence-corrected chi connectivity index (χ1v) is 7.45. The summed E-state index contributed by atoms with van der Waals surface area (Å²) in [5.41, 5.74) is 7.34. The first-order valence-electron chi connectivity index (χ1n) is 5.97. The molecule has 0 aliphatic heterocycles. The molecule has 0 unspecified atom stereocenters. The fraction of sp³-hybridized carbons (Fsp3) is 0.143. The zero-order chi connectivity index (χ0) is 13.7. The Kier molecular flexibility index (Phi) is 4.19. The highest BCUT2D eigenvalue weighted by Crippen LogP contribution is 2.08. The van der Waals surface area contributed by atoms with Crippen molar-refractivity contribution in [1.29, 1.82) is 0 Å². The maximum Gasteiger partial charge on any atom is 0.240 e. The first-order chi connectivity index (χ1) is 9.08. The zero-order valence-electron chi connectivity index (χ0n) is 10.4. The van der Waals surface area contributed by atoms with Crippen molar-refractivity contribution >= 4 is 15.7 Å². The number of rotatable bonds is 5. The molecule has 4 nitrogen and oxygen atoms in total. The lowest BCUT2D eigenvalue weighted by Crippen LogP contribution is -2.25. The van der Waals surface area contributed by atoms with E-state index in [1.807, 2.05) is 12.1 Å². The maximum absolute atomic E-state index is 11.9. The molecule has 0 saturated heterocycles. The van der Waals surface area contributed by atoms with E-state index in [0.29, 0.717) is 18.7 Å². The summed E-state index contributed by atoms with van der Waals surface area (Å²) in [4.78, 5) is 0.285. The van der Waals surface area contributed by atoms with E-state index in [1.165, 1.54) is 0 Å². The van der Waals surface area contributed by atoms with Gasteiger partial charge in [-0.2, -0.15) is 0 Å². The number of anilines is 1. The lowest BCUT2D eigenvalue weighted by atomic mass is 10.1. The van der Waals surface area contributed by atoms with E-state index in [0.717, 1.165) is 5.56 Å². The van der Waals surface area contributed by atoms with Crippen molar-refractivity contribution in [2.45, 2.75) is 11.3 Å². The second-order valence-electron chi connectivity index (χ2n) is 4.20. The molecule has 0 radical (unpaired) electrons. The number of hydrogen-bond acceptors (Lipinski definition) is 3. The predicted octanol–water partition coefficient (Wildman–Crippen LogP) is 1.79. The highest BCUT2D eigenvalue weighted by Gasteiger charge is 2.11. The van der Waals surface area contributed by atoms with Gasteiger partial charge in [0, 0.05) is 12.2 Å². The molecule has 0 saturated carbocycles. The molecule has 0 aliphatic rings. The van der Waals surface area contributed by atoms with Crippen molar-refractivity contribution in [3.63, 3.8) is 0 Å². The molecule has 0 aliphatic carbocycles. The topological polar surface area (TPSA) is 72.2 Å². The first kappa shape index (κ1) is 13.6. The van der Waals surface area contributed by atoms with Crippen LogP contribution in [0.25, 0.3) is 0 Å². The van der Waals surface area contributed by atoms with Crippen molar-refractivity contribution in [3.05, 3.63) is 60.2 Å². The van der Waals surface area contributed by atoms with Gasteiger partial charge in [-0.15, -0.1) is 0 Å². The Morgan fingerprint density at radius 2 is 1.58 bits per heavy atom. The fourth-order valence-electron chi connectivity index (χ4n) is 1.70. The average Bonchev–Trinajstić information content (AvgIpc) is 2.42. The number of nitrogens with one attached hydrogen (secondary N) is 1. The highest BCUT2D eigenvalue weighted by atomic mass is 32.2. The molecule has 0 bridgehead atoms. The van der Waals surface area contributed by atoms with Gasteiger partial charge in [0.2, 0.25) is 10.0 Å². The Labute approximate surface area is 113 Å². The van der Waals surface area contributed by atoms with Crippen molar-refractivity contribution in [2.24, 2.45) is 0 Å². The Balaban J connectivity index is 1.94. The number of nitrogens with two attached hydrogens (primary N) is 1. The summed E-state index contributed by atoms with van der Waals surface area (Å²) < 4.78 is 26.5. The van der Waals surface area contributed by atoms with Gasteiger partial charge in [0.05, 0.1) is 4.90 Å². The lowest BCUT2D eigenvalue weighted by Gasteiger charge is -2.06. The summed E-state index contributed by atoms with van der Waals surface area (Å²) in [7, 11) is -3.41. The van der Waals surface area contributed by atoms with Gasteiger partial charge < -0.3 is 5.73 Å². The van der Waals surface area contributed by atoms with Crippen molar-refractivity contribution in [3.8, 4) is 0 Å². The largest absolute Gasteiger partial charge is 0.399 e. The molecule has 0 fully saturated rings. The molecular weight excluding hydrogens is 260 g/mol. The molecule has 0 amide bonds. The van der Waals surface area contributed by atoms with E-state index in [9.17, 15) is 8.42 Å². The fourth-order valence-corrected chi connectivity index (χ4v) is 2.75. The van der Waals surface area contributed by atoms with Crippen molar-refractivity contribution < 1.29 is 8.42 Å². The third-order valence-corrected chi connectivity index (χ3v) is 4.22. The lowest BCUT2D eigenvalue weighted by molar-refractivity contribution is 0.581. The van der Waals surface area contributed by atoms with Crippen molar-refractivity contribution in [1.82, 2.24) is 4.72 Å². The highest BCUT2D eigenvalue weighted by molar-refractivity contribution is 7.89. The van der Waals surface area contributed by atoms with E-state index >= 15 is 0 Å².